The van der Waals surface area contributed by atoms with Gasteiger partial charge in [-0.05, 0) is 56.2 Å². The Morgan fingerprint density at radius 3 is 2.69 bits per heavy atom. The first-order valence-corrected chi connectivity index (χ1v) is 11.4. The lowest BCUT2D eigenvalue weighted by molar-refractivity contribution is -0.115. The molecule has 0 saturated heterocycles. The molecule has 2 aromatic heterocycles. The van der Waals surface area contributed by atoms with Gasteiger partial charge in [-0.25, -0.2) is 4.79 Å². The topological polar surface area (TPSA) is 85.6 Å². The second kappa shape index (κ2) is 9.40. The molecule has 164 valence electrons. The molecule has 0 saturated carbocycles. The molecule has 0 aliphatic carbocycles. The van der Waals surface area contributed by atoms with Crippen LogP contribution in [0.2, 0.25) is 0 Å². The summed E-state index contributed by atoms with van der Waals surface area (Å²) in [4.78, 5) is 25.0. The molecule has 1 unspecified atom stereocenters. The Balaban J connectivity index is 1.58. The van der Waals surface area contributed by atoms with Crippen molar-refractivity contribution in [1.29, 1.82) is 0 Å². The summed E-state index contributed by atoms with van der Waals surface area (Å²) in [5.74, 6) is -0.575. The zero-order valence-corrected chi connectivity index (χ0v) is 19.0. The van der Waals surface area contributed by atoms with E-state index in [1.807, 2.05) is 35.6 Å². The van der Waals surface area contributed by atoms with E-state index in [0.29, 0.717) is 29.4 Å². The SMILES string of the molecule is CCOC(=O)c1cccc(NC(=O)C(CC)Sc2nnc3cc(C)c4ccccc4n23)c1. The second-order valence-corrected chi connectivity index (χ2v) is 8.50. The van der Waals surface area contributed by atoms with E-state index in [9.17, 15) is 9.59 Å². The molecule has 1 amide bonds. The Labute approximate surface area is 190 Å². The highest BCUT2D eigenvalue weighted by molar-refractivity contribution is 8.00. The molecule has 4 rings (SSSR count). The van der Waals surface area contributed by atoms with Crippen molar-refractivity contribution in [2.75, 3.05) is 11.9 Å². The van der Waals surface area contributed by atoms with Crippen molar-refractivity contribution in [3.63, 3.8) is 0 Å². The van der Waals surface area contributed by atoms with E-state index < -0.39 is 5.97 Å². The smallest absolute Gasteiger partial charge is 0.338 e. The Kier molecular flexibility index (Phi) is 6.41. The van der Waals surface area contributed by atoms with Gasteiger partial charge in [0.15, 0.2) is 10.8 Å². The molecule has 8 heteroatoms. The van der Waals surface area contributed by atoms with Crippen LogP contribution in [0.4, 0.5) is 5.69 Å². The monoisotopic (exact) mass is 448 g/mol. The van der Waals surface area contributed by atoms with Crippen LogP contribution in [0, 0.1) is 6.92 Å². The highest BCUT2D eigenvalue weighted by atomic mass is 32.2. The zero-order valence-electron chi connectivity index (χ0n) is 18.2. The minimum absolute atomic E-state index is 0.160. The Morgan fingerprint density at radius 2 is 1.91 bits per heavy atom. The van der Waals surface area contributed by atoms with Gasteiger partial charge in [-0.15, -0.1) is 10.2 Å². The summed E-state index contributed by atoms with van der Waals surface area (Å²) < 4.78 is 7.03. The third kappa shape index (κ3) is 4.31. The maximum Gasteiger partial charge on any atom is 0.338 e. The van der Waals surface area contributed by atoms with Crippen molar-refractivity contribution in [1.82, 2.24) is 14.6 Å². The lowest BCUT2D eigenvalue weighted by Crippen LogP contribution is -2.25. The van der Waals surface area contributed by atoms with E-state index in [4.69, 9.17) is 4.74 Å². The highest BCUT2D eigenvalue weighted by Crippen LogP contribution is 2.29. The summed E-state index contributed by atoms with van der Waals surface area (Å²) in [7, 11) is 0. The third-order valence-corrected chi connectivity index (χ3v) is 6.43. The summed E-state index contributed by atoms with van der Waals surface area (Å²) in [5, 5.41) is 13.0. The van der Waals surface area contributed by atoms with Crippen LogP contribution in [0.1, 0.15) is 36.2 Å². The predicted octanol–water partition coefficient (Wildman–Crippen LogP) is 4.88. The molecule has 2 aromatic carbocycles. The normalized spacial score (nSPS) is 12.1. The van der Waals surface area contributed by atoms with Gasteiger partial charge in [-0.1, -0.05) is 43.0 Å². The minimum Gasteiger partial charge on any atom is -0.462 e. The number of nitrogens with zero attached hydrogens (tertiary/aromatic N) is 3. The number of aromatic nitrogens is 3. The first-order chi connectivity index (χ1) is 15.5. The number of aryl methyl sites for hydroxylation is 1. The Morgan fingerprint density at radius 1 is 1.09 bits per heavy atom. The number of hydrogen-bond donors (Lipinski definition) is 1. The molecule has 2 heterocycles. The van der Waals surface area contributed by atoms with Gasteiger partial charge in [0, 0.05) is 11.1 Å². The van der Waals surface area contributed by atoms with Crippen LogP contribution in [-0.2, 0) is 9.53 Å². The van der Waals surface area contributed by atoms with Gasteiger partial charge in [-0.3, -0.25) is 9.20 Å². The van der Waals surface area contributed by atoms with Crippen molar-refractivity contribution in [3.05, 3.63) is 65.7 Å². The quantitative estimate of drug-likeness (QED) is 0.320. The van der Waals surface area contributed by atoms with Crippen LogP contribution in [0.3, 0.4) is 0 Å². The number of ether oxygens (including phenoxy) is 1. The number of anilines is 1. The maximum atomic E-state index is 13.0. The Bertz CT molecular complexity index is 1300. The van der Waals surface area contributed by atoms with Gasteiger partial charge in [0.2, 0.25) is 5.91 Å². The van der Waals surface area contributed by atoms with Crippen LogP contribution >= 0.6 is 11.8 Å². The summed E-state index contributed by atoms with van der Waals surface area (Å²) >= 11 is 1.38. The summed E-state index contributed by atoms with van der Waals surface area (Å²) in [6, 6.07) is 16.8. The number of para-hydroxylation sites is 1. The molecular weight excluding hydrogens is 424 g/mol. The van der Waals surface area contributed by atoms with E-state index in [1.54, 1.807) is 31.2 Å². The molecule has 1 N–H and O–H groups in total. The van der Waals surface area contributed by atoms with Crippen LogP contribution in [0.5, 0.6) is 0 Å². The molecule has 0 aliphatic heterocycles. The van der Waals surface area contributed by atoms with Crippen molar-refractivity contribution >= 4 is 45.9 Å². The number of carbonyl (C=O) groups is 2. The zero-order chi connectivity index (χ0) is 22.7. The second-order valence-electron chi connectivity index (χ2n) is 7.33. The van der Waals surface area contributed by atoms with Crippen molar-refractivity contribution in [2.45, 2.75) is 37.6 Å². The summed E-state index contributed by atoms with van der Waals surface area (Å²) in [6.07, 6.45) is 0.604. The summed E-state index contributed by atoms with van der Waals surface area (Å²) in [6.45, 7) is 6.06. The van der Waals surface area contributed by atoms with Gasteiger partial charge in [0.05, 0.1) is 22.9 Å². The number of fused-ring (bicyclic) bond motifs is 3. The predicted molar refractivity (Wildman–Crippen MR) is 126 cm³/mol. The van der Waals surface area contributed by atoms with E-state index in [0.717, 1.165) is 22.1 Å². The molecule has 0 radical (unpaired) electrons. The van der Waals surface area contributed by atoms with Gasteiger partial charge < -0.3 is 10.1 Å². The molecule has 0 aliphatic rings. The van der Waals surface area contributed by atoms with E-state index in [2.05, 4.69) is 28.5 Å². The fraction of sp³-hybridized carbons (Fsp3) is 0.250. The van der Waals surface area contributed by atoms with Gasteiger partial charge in [0.25, 0.3) is 0 Å². The molecule has 0 spiro atoms. The average molecular weight is 449 g/mol. The van der Waals surface area contributed by atoms with Crippen molar-refractivity contribution in [3.8, 4) is 0 Å². The Hall–Kier alpha value is -3.39. The molecule has 0 fully saturated rings. The van der Waals surface area contributed by atoms with E-state index >= 15 is 0 Å². The highest BCUT2D eigenvalue weighted by Gasteiger charge is 2.22. The standard InChI is InChI=1S/C24H24N4O3S/c1-4-20(22(29)25-17-10-8-9-16(14-17)23(30)31-5-2)32-24-27-26-21-13-15(3)18-11-6-7-12-19(18)28(21)24/h6-14,20H,4-5H2,1-3H3,(H,25,29). The summed E-state index contributed by atoms with van der Waals surface area (Å²) in [5.41, 5.74) is 3.83. The van der Waals surface area contributed by atoms with Crippen LogP contribution in [0.15, 0.2) is 59.8 Å². The number of pyridine rings is 1. The van der Waals surface area contributed by atoms with Crippen LogP contribution < -0.4 is 5.32 Å². The maximum absolute atomic E-state index is 13.0. The lowest BCUT2D eigenvalue weighted by Gasteiger charge is -2.15. The number of esters is 1. The van der Waals surface area contributed by atoms with Crippen LogP contribution in [-0.4, -0.2) is 38.3 Å². The van der Waals surface area contributed by atoms with Gasteiger partial charge >= 0.3 is 5.97 Å². The molecule has 32 heavy (non-hydrogen) atoms. The third-order valence-electron chi connectivity index (χ3n) is 5.13. The number of benzene rings is 2. The lowest BCUT2D eigenvalue weighted by atomic mass is 10.1. The molecular formula is C24H24N4O3S. The van der Waals surface area contributed by atoms with E-state index in [-0.39, 0.29) is 11.2 Å². The largest absolute Gasteiger partial charge is 0.462 e. The molecule has 0 bridgehead atoms. The van der Waals surface area contributed by atoms with Gasteiger partial charge in [-0.2, -0.15) is 0 Å². The van der Waals surface area contributed by atoms with Crippen molar-refractivity contribution in [2.24, 2.45) is 0 Å². The molecule has 4 aromatic rings. The average Bonchev–Trinajstić information content (AvgIpc) is 3.20. The number of thioether (sulfide) groups is 1. The number of rotatable bonds is 7. The van der Waals surface area contributed by atoms with Gasteiger partial charge in [0.1, 0.15) is 0 Å². The fourth-order valence-electron chi connectivity index (χ4n) is 3.56. The fourth-order valence-corrected chi connectivity index (χ4v) is 4.53. The minimum atomic E-state index is -0.415. The van der Waals surface area contributed by atoms with Crippen molar-refractivity contribution < 1.29 is 14.3 Å². The van der Waals surface area contributed by atoms with E-state index in [1.165, 1.54) is 11.8 Å². The number of amides is 1. The first kappa shape index (κ1) is 21.8. The molecule has 7 nitrogen and oxygen atoms in total. The number of nitrogens with one attached hydrogen (secondary N) is 1. The number of hydrogen-bond acceptors (Lipinski definition) is 6. The molecule has 1 atom stereocenters. The number of carbonyl (C=O) groups excluding carboxylic acids is 2. The first-order valence-electron chi connectivity index (χ1n) is 10.5. The van der Waals surface area contributed by atoms with Crippen LogP contribution in [0.25, 0.3) is 16.6 Å².